The molecule has 0 spiro atoms. The zero-order valence-electron chi connectivity index (χ0n) is 15.7. The number of para-hydroxylation sites is 1. The van der Waals surface area contributed by atoms with Gasteiger partial charge in [-0.05, 0) is 19.1 Å². The molecule has 1 aromatic carbocycles. The topological polar surface area (TPSA) is 58.6 Å². The second-order valence-electron chi connectivity index (χ2n) is 6.43. The van der Waals surface area contributed by atoms with E-state index >= 15 is 0 Å². The summed E-state index contributed by atoms with van der Waals surface area (Å²) in [7, 11) is 0. The Balaban J connectivity index is 1.37. The van der Waals surface area contributed by atoms with Crippen LogP contribution in [0.4, 0.5) is 5.13 Å². The molecule has 1 saturated heterocycles. The SMILES string of the molecule is CCOc1ccccc1-c1nc(CC(=O)N2CCN(c3nccs3)CC2)cs1. The van der Waals surface area contributed by atoms with Gasteiger partial charge >= 0.3 is 0 Å². The zero-order chi connectivity index (χ0) is 19.3. The second kappa shape index (κ2) is 8.70. The lowest BCUT2D eigenvalue weighted by molar-refractivity contribution is -0.130. The standard InChI is InChI=1S/C20H22N4O2S2/c1-2-26-17-6-4-3-5-16(17)19-22-15(14-28-19)13-18(25)23-8-10-24(11-9-23)20-21-7-12-27-20/h3-7,12,14H,2,8-11,13H2,1H3. The molecule has 2 aromatic heterocycles. The van der Waals surface area contributed by atoms with E-state index in [1.54, 1.807) is 22.7 Å². The van der Waals surface area contributed by atoms with Crippen molar-refractivity contribution in [3.8, 4) is 16.3 Å². The van der Waals surface area contributed by atoms with E-state index in [1.165, 1.54) is 0 Å². The summed E-state index contributed by atoms with van der Waals surface area (Å²) >= 11 is 3.19. The second-order valence-corrected chi connectivity index (χ2v) is 8.16. The van der Waals surface area contributed by atoms with Crippen LogP contribution in [0.2, 0.25) is 0 Å². The third-order valence-corrected chi connectivity index (χ3v) is 6.38. The Hall–Kier alpha value is -2.45. The summed E-state index contributed by atoms with van der Waals surface area (Å²) in [5.41, 5.74) is 1.80. The summed E-state index contributed by atoms with van der Waals surface area (Å²) in [5.74, 6) is 0.962. The number of hydrogen-bond acceptors (Lipinski definition) is 7. The number of piperazine rings is 1. The van der Waals surface area contributed by atoms with E-state index in [0.717, 1.165) is 53.3 Å². The minimum Gasteiger partial charge on any atom is -0.493 e. The number of carbonyl (C=O) groups excluding carboxylic acids is 1. The molecule has 146 valence electrons. The van der Waals surface area contributed by atoms with Gasteiger partial charge in [0, 0.05) is 43.1 Å². The highest BCUT2D eigenvalue weighted by Gasteiger charge is 2.23. The first kappa shape index (κ1) is 18.9. The number of thiazole rings is 2. The van der Waals surface area contributed by atoms with Crippen LogP contribution in [0.25, 0.3) is 10.6 Å². The van der Waals surface area contributed by atoms with Crippen LogP contribution in [0.5, 0.6) is 5.75 Å². The summed E-state index contributed by atoms with van der Waals surface area (Å²) in [4.78, 5) is 25.9. The van der Waals surface area contributed by atoms with Gasteiger partial charge in [-0.2, -0.15) is 0 Å². The van der Waals surface area contributed by atoms with Crippen molar-refractivity contribution in [2.24, 2.45) is 0 Å². The van der Waals surface area contributed by atoms with Crippen LogP contribution in [0, 0.1) is 0 Å². The Labute approximate surface area is 172 Å². The van der Waals surface area contributed by atoms with E-state index in [9.17, 15) is 4.79 Å². The van der Waals surface area contributed by atoms with Crippen molar-refractivity contribution in [1.29, 1.82) is 0 Å². The molecule has 0 radical (unpaired) electrons. The van der Waals surface area contributed by atoms with Crippen molar-refractivity contribution in [2.45, 2.75) is 13.3 Å². The molecule has 0 aliphatic carbocycles. The number of aromatic nitrogens is 2. The molecule has 4 rings (SSSR count). The van der Waals surface area contributed by atoms with E-state index in [1.807, 2.05) is 53.0 Å². The van der Waals surface area contributed by atoms with Crippen molar-refractivity contribution >= 4 is 33.7 Å². The average Bonchev–Trinajstić information content (AvgIpc) is 3.41. The number of nitrogens with zero attached hydrogens (tertiary/aromatic N) is 4. The fourth-order valence-corrected chi connectivity index (χ4v) is 4.77. The Bertz CT molecular complexity index is 918. The quantitative estimate of drug-likeness (QED) is 0.617. The van der Waals surface area contributed by atoms with Crippen LogP contribution in [-0.4, -0.2) is 53.6 Å². The number of carbonyl (C=O) groups is 1. The minimum absolute atomic E-state index is 0.133. The van der Waals surface area contributed by atoms with Crippen LogP contribution >= 0.6 is 22.7 Å². The molecular formula is C20H22N4O2S2. The first-order valence-corrected chi connectivity index (χ1v) is 11.1. The van der Waals surface area contributed by atoms with Gasteiger partial charge in [-0.25, -0.2) is 9.97 Å². The van der Waals surface area contributed by atoms with Gasteiger partial charge in [0.25, 0.3) is 0 Å². The Morgan fingerprint density at radius 2 is 2.00 bits per heavy atom. The number of hydrogen-bond donors (Lipinski definition) is 0. The van der Waals surface area contributed by atoms with E-state index in [4.69, 9.17) is 4.74 Å². The zero-order valence-corrected chi connectivity index (χ0v) is 17.3. The Kier molecular flexibility index (Phi) is 5.87. The molecule has 6 nitrogen and oxygen atoms in total. The average molecular weight is 415 g/mol. The first-order chi connectivity index (χ1) is 13.7. The van der Waals surface area contributed by atoms with Crippen LogP contribution in [0.15, 0.2) is 41.2 Å². The van der Waals surface area contributed by atoms with Crippen molar-refractivity contribution in [2.75, 3.05) is 37.7 Å². The summed E-state index contributed by atoms with van der Waals surface area (Å²) < 4.78 is 5.70. The van der Waals surface area contributed by atoms with Crippen LogP contribution in [0.3, 0.4) is 0 Å². The maximum absolute atomic E-state index is 12.7. The maximum Gasteiger partial charge on any atom is 0.228 e. The number of anilines is 1. The van der Waals surface area contributed by atoms with Crippen LogP contribution in [0.1, 0.15) is 12.6 Å². The molecule has 3 aromatic rings. The van der Waals surface area contributed by atoms with Gasteiger partial charge in [0.15, 0.2) is 5.13 Å². The van der Waals surface area contributed by atoms with E-state index in [2.05, 4.69) is 14.9 Å². The smallest absolute Gasteiger partial charge is 0.228 e. The third kappa shape index (κ3) is 4.18. The van der Waals surface area contributed by atoms with E-state index in [0.29, 0.717) is 13.0 Å². The molecule has 0 saturated carbocycles. The highest BCUT2D eigenvalue weighted by Crippen LogP contribution is 2.32. The maximum atomic E-state index is 12.7. The highest BCUT2D eigenvalue weighted by molar-refractivity contribution is 7.13. The van der Waals surface area contributed by atoms with Gasteiger partial charge in [-0.1, -0.05) is 12.1 Å². The van der Waals surface area contributed by atoms with Crippen molar-refractivity contribution in [3.63, 3.8) is 0 Å². The summed E-state index contributed by atoms with van der Waals surface area (Å²) in [5, 5.41) is 5.88. The molecule has 28 heavy (non-hydrogen) atoms. The number of rotatable bonds is 6. The van der Waals surface area contributed by atoms with Gasteiger partial charge in [-0.3, -0.25) is 4.79 Å². The molecule has 0 bridgehead atoms. The Morgan fingerprint density at radius 3 is 2.75 bits per heavy atom. The molecular weight excluding hydrogens is 392 g/mol. The number of benzene rings is 1. The number of ether oxygens (including phenoxy) is 1. The monoisotopic (exact) mass is 414 g/mol. The predicted octanol–water partition coefficient (Wildman–Crippen LogP) is 3.56. The fraction of sp³-hybridized carbons (Fsp3) is 0.350. The van der Waals surface area contributed by atoms with Crippen molar-refractivity contribution in [1.82, 2.24) is 14.9 Å². The van der Waals surface area contributed by atoms with Crippen LogP contribution in [-0.2, 0) is 11.2 Å². The molecule has 0 atom stereocenters. The third-order valence-electron chi connectivity index (χ3n) is 4.62. The van der Waals surface area contributed by atoms with Crippen molar-refractivity contribution < 1.29 is 9.53 Å². The molecule has 1 aliphatic rings. The van der Waals surface area contributed by atoms with Gasteiger partial charge in [0.1, 0.15) is 10.8 Å². The molecule has 3 heterocycles. The van der Waals surface area contributed by atoms with Gasteiger partial charge in [0.2, 0.25) is 5.91 Å². The lowest BCUT2D eigenvalue weighted by Gasteiger charge is -2.34. The molecule has 0 unspecified atom stereocenters. The molecule has 1 aliphatic heterocycles. The first-order valence-electron chi connectivity index (χ1n) is 9.33. The van der Waals surface area contributed by atoms with Crippen molar-refractivity contribution in [3.05, 3.63) is 46.9 Å². The van der Waals surface area contributed by atoms with Gasteiger partial charge < -0.3 is 14.5 Å². The van der Waals surface area contributed by atoms with Gasteiger partial charge in [0.05, 0.1) is 24.3 Å². The largest absolute Gasteiger partial charge is 0.493 e. The van der Waals surface area contributed by atoms with E-state index in [-0.39, 0.29) is 5.91 Å². The fourth-order valence-electron chi connectivity index (χ4n) is 3.22. The van der Waals surface area contributed by atoms with E-state index < -0.39 is 0 Å². The van der Waals surface area contributed by atoms with Crippen LogP contribution < -0.4 is 9.64 Å². The Morgan fingerprint density at radius 1 is 1.18 bits per heavy atom. The lowest BCUT2D eigenvalue weighted by atomic mass is 10.2. The molecule has 0 N–H and O–H groups in total. The number of amides is 1. The lowest BCUT2D eigenvalue weighted by Crippen LogP contribution is -2.49. The summed E-state index contributed by atoms with van der Waals surface area (Å²) in [6, 6.07) is 7.89. The summed E-state index contributed by atoms with van der Waals surface area (Å²) in [6.07, 6.45) is 2.16. The molecule has 1 amide bonds. The minimum atomic E-state index is 0.133. The highest BCUT2D eigenvalue weighted by atomic mass is 32.1. The molecule has 1 fully saturated rings. The normalized spacial score (nSPS) is 14.3. The van der Waals surface area contributed by atoms with Gasteiger partial charge in [-0.15, -0.1) is 22.7 Å². The summed E-state index contributed by atoms with van der Waals surface area (Å²) in [6.45, 7) is 5.68. The predicted molar refractivity (Wildman–Crippen MR) is 113 cm³/mol. The molecule has 8 heteroatoms.